The molecule has 4 N–H and O–H groups in total. The zero-order valence-electron chi connectivity index (χ0n) is 9.10. The van der Waals surface area contributed by atoms with Crippen LogP contribution in [0.15, 0.2) is 18.3 Å². The molecule has 0 aliphatic carbocycles. The molecule has 2 fully saturated rings. The molecule has 2 aliphatic heterocycles. The second-order valence-electron chi connectivity index (χ2n) is 4.77. The quantitative estimate of drug-likeness (QED) is 0.687. The SMILES string of the molecule is Nc1ccc(N2C[C@H]3COC[C@@]3(N)C2)cn1. The van der Waals surface area contributed by atoms with Crippen LogP contribution in [0.25, 0.3) is 0 Å². The van der Waals surface area contributed by atoms with Crippen molar-refractivity contribution >= 4 is 11.5 Å². The third kappa shape index (κ3) is 1.44. The fraction of sp³-hybridized carbons (Fsp3) is 0.545. The van der Waals surface area contributed by atoms with Crippen LogP contribution in [0.4, 0.5) is 11.5 Å². The van der Waals surface area contributed by atoms with Gasteiger partial charge in [-0.25, -0.2) is 4.98 Å². The minimum atomic E-state index is -0.179. The number of nitrogens with two attached hydrogens (primary N) is 2. The van der Waals surface area contributed by atoms with E-state index in [1.807, 2.05) is 12.1 Å². The van der Waals surface area contributed by atoms with Crippen LogP contribution in [0.3, 0.4) is 0 Å². The summed E-state index contributed by atoms with van der Waals surface area (Å²) < 4.78 is 5.43. The van der Waals surface area contributed by atoms with Crippen molar-refractivity contribution in [3.63, 3.8) is 0 Å². The lowest BCUT2D eigenvalue weighted by Crippen LogP contribution is -2.47. The van der Waals surface area contributed by atoms with Gasteiger partial charge in [0.1, 0.15) is 5.82 Å². The molecule has 2 atom stereocenters. The third-order valence-electron chi connectivity index (χ3n) is 3.56. The van der Waals surface area contributed by atoms with E-state index in [0.717, 1.165) is 25.4 Å². The summed E-state index contributed by atoms with van der Waals surface area (Å²) in [7, 11) is 0. The number of hydrogen-bond donors (Lipinski definition) is 2. The normalized spacial score (nSPS) is 33.1. The van der Waals surface area contributed by atoms with Crippen LogP contribution in [0, 0.1) is 5.92 Å². The van der Waals surface area contributed by atoms with E-state index < -0.39 is 0 Å². The van der Waals surface area contributed by atoms with Crippen molar-refractivity contribution in [3.05, 3.63) is 18.3 Å². The van der Waals surface area contributed by atoms with Gasteiger partial charge < -0.3 is 21.1 Å². The number of aromatic nitrogens is 1. The van der Waals surface area contributed by atoms with Gasteiger partial charge in [0.05, 0.1) is 30.6 Å². The van der Waals surface area contributed by atoms with E-state index in [1.54, 1.807) is 6.20 Å². The molecule has 3 rings (SSSR count). The van der Waals surface area contributed by atoms with Gasteiger partial charge in [-0.05, 0) is 12.1 Å². The first kappa shape index (κ1) is 9.86. The van der Waals surface area contributed by atoms with Crippen LogP contribution in [0.5, 0.6) is 0 Å². The summed E-state index contributed by atoms with van der Waals surface area (Å²) in [6.07, 6.45) is 1.81. The first-order valence-electron chi connectivity index (χ1n) is 5.50. The van der Waals surface area contributed by atoms with E-state index in [1.165, 1.54) is 0 Å². The number of ether oxygens (including phenoxy) is 1. The van der Waals surface area contributed by atoms with Gasteiger partial charge in [0.2, 0.25) is 0 Å². The van der Waals surface area contributed by atoms with Crippen molar-refractivity contribution in [2.45, 2.75) is 5.54 Å². The van der Waals surface area contributed by atoms with Crippen LogP contribution in [-0.2, 0) is 4.74 Å². The molecule has 86 valence electrons. The molecule has 16 heavy (non-hydrogen) atoms. The standard InChI is InChI=1S/C11H16N4O/c12-10-2-1-9(3-14-10)15-4-8-5-16-7-11(8,13)6-15/h1-3,8H,4-7,13H2,(H2,12,14)/t8-,11-/m0/s1. The maximum absolute atomic E-state index is 6.31. The van der Waals surface area contributed by atoms with Crippen molar-refractivity contribution in [3.8, 4) is 0 Å². The van der Waals surface area contributed by atoms with E-state index in [9.17, 15) is 0 Å². The number of pyridine rings is 1. The van der Waals surface area contributed by atoms with Gasteiger partial charge in [-0.3, -0.25) is 0 Å². The van der Waals surface area contributed by atoms with Gasteiger partial charge in [-0.2, -0.15) is 0 Å². The monoisotopic (exact) mass is 220 g/mol. The third-order valence-corrected chi connectivity index (χ3v) is 3.56. The molecule has 3 heterocycles. The smallest absolute Gasteiger partial charge is 0.123 e. The summed E-state index contributed by atoms with van der Waals surface area (Å²) in [5, 5.41) is 0. The van der Waals surface area contributed by atoms with E-state index in [0.29, 0.717) is 18.3 Å². The molecule has 0 saturated carbocycles. The molecule has 2 saturated heterocycles. The Kier molecular flexibility index (Phi) is 2.05. The number of hydrogen-bond acceptors (Lipinski definition) is 5. The van der Waals surface area contributed by atoms with Gasteiger partial charge in [0.15, 0.2) is 0 Å². The predicted octanol–water partition coefficient (Wildman–Crippen LogP) is -0.172. The molecule has 1 aromatic rings. The van der Waals surface area contributed by atoms with Gasteiger partial charge in [0.25, 0.3) is 0 Å². The minimum Gasteiger partial charge on any atom is -0.384 e. The van der Waals surface area contributed by atoms with E-state index >= 15 is 0 Å². The molecule has 0 unspecified atom stereocenters. The molecule has 0 spiro atoms. The van der Waals surface area contributed by atoms with Crippen molar-refractivity contribution in [1.29, 1.82) is 0 Å². The lowest BCUT2D eigenvalue weighted by Gasteiger charge is -2.22. The number of rotatable bonds is 1. The van der Waals surface area contributed by atoms with E-state index in [-0.39, 0.29) is 5.54 Å². The van der Waals surface area contributed by atoms with Crippen molar-refractivity contribution in [2.24, 2.45) is 11.7 Å². The second-order valence-corrected chi connectivity index (χ2v) is 4.77. The summed E-state index contributed by atoms with van der Waals surface area (Å²) in [5.74, 6) is 0.985. The Balaban J connectivity index is 1.81. The van der Waals surface area contributed by atoms with Crippen molar-refractivity contribution < 1.29 is 4.74 Å². The predicted molar refractivity (Wildman–Crippen MR) is 62.1 cm³/mol. The first-order valence-corrected chi connectivity index (χ1v) is 5.50. The van der Waals surface area contributed by atoms with Crippen LogP contribution in [-0.4, -0.2) is 36.8 Å². The molecule has 5 heteroatoms. The molecule has 5 nitrogen and oxygen atoms in total. The van der Waals surface area contributed by atoms with Crippen molar-refractivity contribution in [1.82, 2.24) is 4.98 Å². The molecule has 0 radical (unpaired) electrons. The van der Waals surface area contributed by atoms with Gasteiger partial charge in [0, 0.05) is 19.0 Å². The average molecular weight is 220 g/mol. The highest BCUT2D eigenvalue weighted by Gasteiger charge is 2.47. The molecule has 1 aromatic heterocycles. The van der Waals surface area contributed by atoms with Crippen LogP contribution in [0.2, 0.25) is 0 Å². The Morgan fingerprint density at radius 1 is 1.50 bits per heavy atom. The summed E-state index contributed by atoms with van der Waals surface area (Å²) in [6, 6.07) is 3.82. The largest absolute Gasteiger partial charge is 0.384 e. The molecular formula is C11H16N4O. The molecule has 2 aliphatic rings. The Labute approximate surface area is 94.4 Å². The maximum atomic E-state index is 6.31. The fourth-order valence-electron chi connectivity index (χ4n) is 2.55. The average Bonchev–Trinajstić information content (AvgIpc) is 2.73. The van der Waals surface area contributed by atoms with E-state index in [2.05, 4.69) is 9.88 Å². The Bertz CT molecular complexity index is 393. The topological polar surface area (TPSA) is 77.4 Å². The lowest BCUT2D eigenvalue weighted by molar-refractivity contribution is 0.173. The van der Waals surface area contributed by atoms with Crippen LogP contribution in [0.1, 0.15) is 0 Å². The van der Waals surface area contributed by atoms with Crippen molar-refractivity contribution in [2.75, 3.05) is 36.9 Å². The highest BCUT2D eigenvalue weighted by atomic mass is 16.5. The second kappa shape index (κ2) is 3.33. The highest BCUT2D eigenvalue weighted by Crippen LogP contribution is 2.33. The summed E-state index contributed by atoms with van der Waals surface area (Å²) >= 11 is 0. The minimum absolute atomic E-state index is 0.179. The summed E-state index contributed by atoms with van der Waals surface area (Å²) in [5.41, 5.74) is 12.8. The Morgan fingerprint density at radius 2 is 2.38 bits per heavy atom. The van der Waals surface area contributed by atoms with E-state index in [4.69, 9.17) is 16.2 Å². The molecule has 0 amide bonds. The maximum Gasteiger partial charge on any atom is 0.123 e. The molecular weight excluding hydrogens is 204 g/mol. The Morgan fingerprint density at radius 3 is 3.06 bits per heavy atom. The number of nitrogen functional groups attached to an aromatic ring is 1. The lowest BCUT2D eigenvalue weighted by atomic mass is 9.92. The zero-order valence-corrected chi connectivity index (χ0v) is 9.10. The van der Waals surface area contributed by atoms with Gasteiger partial charge in [-0.1, -0.05) is 0 Å². The first-order chi connectivity index (χ1) is 7.67. The van der Waals surface area contributed by atoms with Gasteiger partial charge >= 0.3 is 0 Å². The zero-order chi connectivity index (χ0) is 11.2. The number of fused-ring (bicyclic) bond motifs is 1. The number of nitrogens with zero attached hydrogens (tertiary/aromatic N) is 2. The van der Waals surface area contributed by atoms with Crippen LogP contribution < -0.4 is 16.4 Å². The number of anilines is 2. The summed E-state index contributed by atoms with van der Waals surface area (Å²) in [6.45, 7) is 3.22. The fourth-order valence-corrected chi connectivity index (χ4v) is 2.55. The summed E-state index contributed by atoms with van der Waals surface area (Å²) in [4.78, 5) is 6.37. The van der Waals surface area contributed by atoms with Gasteiger partial charge in [-0.15, -0.1) is 0 Å². The Hall–Kier alpha value is -1.33. The molecule has 0 bridgehead atoms. The highest BCUT2D eigenvalue weighted by molar-refractivity contribution is 5.50. The van der Waals surface area contributed by atoms with Crippen LogP contribution >= 0.6 is 0 Å². The molecule has 0 aromatic carbocycles.